The van der Waals surface area contributed by atoms with Crippen LogP contribution in [0.15, 0.2) is 18.2 Å². The summed E-state index contributed by atoms with van der Waals surface area (Å²) < 4.78 is 0. The quantitative estimate of drug-likeness (QED) is 0.525. The number of phenolic OH excluding ortho intramolecular Hbond substituents is 1. The minimum Gasteiger partial charge on any atom is -0.508 e. The number of nitrogens with two attached hydrogens (primary N) is 2. The lowest BCUT2D eigenvalue weighted by molar-refractivity contribution is 0.475. The Kier molecular flexibility index (Phi) is 2.01. The van der Waals surface area contributed by atoms with Crippen LogP contribution in [-0.4, -0.2) is 5.11 Å². The van der Waals surface area contributed by atoms with Gasteiger partial charge in [-0.1, -0.05) is 6.07 Å². The van der Waals surface area contributed by atoms with E-state index in [0.717, 1.165) is 5.56 Å². The Morgan fingerprint density at radius 2 is 2.09 bits per heavy atom. The van der Waals surface area contributed by atoms with E-state index in [9.17, 15) is 0 Å². The van der Waals surface area contributed by atoms with Crippen LogP contribution in [0.3, 0.4) is 0 Å². The van der Waals surface area contributed by atoms with Crippen molar-refractivity contribution in [3.05, 3.63) is 23.8 Å². The van der Waals surface area contributed by atoms with Crippen LogP contribution >= 0.6 is 0 Å². The van der Waals surface area contributed by atoms with Gasteiger partial charge in [0, 0.05) is 17.8 Å². The number of phenols is 1. The average Bonchev–Trinajstić information content (AvgIpc) is 1.85. The zero-order valence-electron chi connectivity index (χ0n) is 6.41. The highest BCUT2D eigenvalue weighted by Gasteiger charge is 2.03. The zero-order valence-corrected chi connectivity index (χ0v) is 6.41. The summed E-state index contributed by atoms with van der Waals surface area (Å²) >= 11 is 0. The molecule has 1 aromatic rings. The molecular formula is C8H12N2O. The van der Waals surface area contributed by atoms with Crippen molar-refractivity contribution in [2.75, 3.05) is 5.73 Å². The summed E-state index contributed by atoms with van der Waals surface area (Å²) in [6.45, 7) is 1.85. The molecule has 0 radical (unpaired) electrons. The van der Waals surface area contributed by atoms with Crippen LogP contribution in [0, 0.1) is 0 Å². The summed E-state index contributed by atoms with van der Waals surface area (Å²) in [4.78, 5) is 0. The summed E-state index contributed by atoms with van der Waals surface area (Å²) in [5.74, 6) is 0.173. The van der Waals surface area contributed by atoms with Gasteiger partial charge in [-0.2, -0.15) is 0 Å². The van der Waals surface area contributed by atoms with Gasteiger partial charge in [-0.3, -0.25) is 0 Å². The number of nitrogen functional groups attached to an aromatic ring is 1. The second kappa shape index (κ2) is 2.80. The lowest BCUT2D eigenvalue weighted by Gasteiger charge is -2.08. The zero-order chi connectivity index (χ0) is 8.43. The van der Waals surface area contributed by atoms with Crippen LogP contribution in [0.5, 0.6) is 5.75 Å². The van der Waals surface area contributed by atoms with Crippen molar-refractivity contribution in [2.45, 2.75) is 13.0 Å². The van der Waals surface area contributed by atoms with E-state index in [1.54, 1.807) is 12.1 Å². The van der Waals surface area contributed by atoms with E-state index in [2.05, 4.69) is 0 Å². The summed E-state index contributed by atoms with van der Waals surface area (Å²) in [7, 11) is 0. The Bertz CT molecular complexity index is 258. The van der Waals surface area contributed by atoms with E-state index in [0.29, 0.717) is 5.69 Å². The molecule has 0 bridgehead atoms. The molecule has 0 aliphatic rings. The van der Waals surface area contributed by atoms with Gasteiger partial charge in [0.15, 0.2) is 0 Å². The van der Waals surface area contributed by atoms with Crippen molar-refractivity contribution < 1.29 is 5.11 Å². The fourth-order valence-electron chi connectivity index (χ4n) is 0.977. The Labute approximate surface area is 65.6 Å². The predicted octanol–water partition coefficient (Wildman–Crippen LogP) is 0.994. The van der Waals surface area contributed by atoms with Crippen LogP contribution in [0.25, 0.3) is 0 Å². The van der Waals surface area contributed by atoms with Crippen LogP contribution < -0.4 is 11.5 Å². The van der Waals surface area contributed by atoms with Crippen LogP contribution in [-0.2, 0) is 0 Å². The summed E-state index contributed by atoms with van der Waals surface area (Å²) in [5, 5.41) is 9.00. The van der Waals surface area contributed by atoms with E-state index in [1.165, 1.54) is 6.07 Å². The minimum absolute atomic E-state index is 0.0874. The molecule has 0 aromatic heterocycles. The Morgan fingerprint density at radius 3 is 2.55 bits per heavy atom. The predicted molar refractivity (Wildman–Crippen MR) is 45.1 cm³/mol. The Balaban J connectivity index is 3.09. The molecule has 0 unspecified atom stereocenters. The molecule has 3 heteroatoms. The van der Waals surface area contributed by atoms with Gasteiger partial charge in [-0.25, -0.2) is 0 Å². The van der Waals surface area contributed by atoms with Crippen molar-refractivity contribution in [1.29, 1.82) is 0 Å². The molecule has 0 saturated carbocycles. The van der Waals surface area contributed by atoms with Gasteiger partial charge >= 0.3 is 0 Å². The van der Waals surface area contributed by atoms with Gasteiger partial charge in [-0.15, -0.1) is 0 Å². The Hall–Kier alpha value is -1.22. The van der Waals surface area contributed by atoms with Crippen molar-refractivity contribution in [3.63, 3.8) is 0 Å². The molecule has 0 heterocycles. The first-order chi connectivity index (χ1) is 5.11. The molecule has 1 rings (SSSR count). The summed E-state index contributed by atoms with van der Waals surface area (Å²) in [6, 6.07) is 4.72. The molecule has 1 aromatic carbocycles. The maximum Gasteiger partial charge on any atom is 0.117 e. The van der Waals surface area contributed by atoms with E-state index in [4.69, 9.17) is 16.6 Å². The molecule has 5 N–H and O–H groups in total. The standard InChI is InChI=1S/C8H12N2O/c1-5(9)7-3-2-6(11)4-8(7)10/h2-5,11H,9-10H2,1H3/t5-/m1/s1. The van der Waals surface area contributed by atoms with Crippen LogP contribution in [0.1, 0.15) is 18.5 Å². The first-order valence-corrected chi connectivity index (χ1v) is 3.45. The third kappa shape index (κ3) is 1.62. The number of aromatic hydroxyl groups is 1. The molecule has 0 aliphatic carbocycles. The van der Waals surface area contributed by atoms with E-state index in [1.807, 2.05) is 6.92 Å². The summed E-state index contributed by atoms with van der Waals surface area (Å²) in [6.07, 6.45) is 0. The number of rotatable bonds is 1. The van der Waals surface area contributed by atoms with E-state index in [-0.39, 0.29) is 11.8 Å². The second-order valence-electron chi connectivity index (χ2n) is 2.60. The van der Waals surface area contributed by atoms with E-state index >= 15 is 0 Å². The lowest BCUT2D eigenvalue weighted by Crippen LogP contribution is -2.07. The smallest absolute Gasteiger partial charge is 0.117 e. The van der Waals surface area contributed by atoms with Gasteiger partial charge in [-0.05, 0) is 18.6 Å². The topological polar surface area (TPSA) is 72.3 Å². The van der Waals surface area contributed by atoms with Crippen molar-refractivity contribution in [2.24, 2.45) is 5.73 Å². The minimum atomic E-state index is -0.0874. The fourth-order valence-corrected chi connectivity index (χ4v) is 0.977. The molecule has 0 saturated heterocycles. The second-order valence-corrected chi connectivity index (χ2v) is 2.60. The highest BCUT2D eigenvalue weighted by atomic mass is 16.3. The van der Waals surface area contributed by atoms with Gasteiger partial charge in [0.05, 0.1) is 0 Å². The average molecular weight is 152 g/mol. The third-order valence-electron chi connectivity index (χ3n) is 1.56. The van der Waals surface area contributed by atoms with Gasteiger partial charge < -0.3 is 16.6 Å². The molecule has 3 nitrogen and oxygen atoms in total. The maximum atomic E-state index is 9.00. The molecule has 60 valence electrons. The molecule has 0 fully saturated rings. The normalized spacial score (nSPS) is 12.9. The Morgan fingerprint density at radius 1 is 1.45 bits per heavy atom. The van der Waals surface area contributed by atoms with Crippen LogP contribution in [0.2, 0.25) is 0 Å². The highest BCUT2D eigenvalue weighted by Crippen LogP contribution is 2.22. The number of hydrogen-bond acceptors (Lipinski definition) is 3. The lowest BCUT2D eigenvalue weighted by atomic mass is 10.1. The van der Waals surface area contributed by atoms with Gasteiger partial charge in [0.25, 0.3) is 0 Å². The molecule has 1 atom stereocenters. The number of benzene rings is 1. The highest BCUT2D eigenvalue weighted by molar-refractivity contribution is 5.52. The van der Waals surface area contributed by atoms with E-state index < -0.39 is 0 Å². The molecule has 0 aliphatic heterocycles. The number of anilines is 1. The van der Waals surface area contributed by atoms with Gasteiger partial charge in [0.1, 0.15) is 5.75 Å². The maximum absolute atomic E-state index is 9.00. The van der Waals surface area contributed by atoms with Crippen molar-refractivity contribution in [1.82, 2.24) is 0 Å². The third-order valence-corrected chi connectivity index (χ3v) is 1.56. The molecule has 0 spiro atoms. The van der Waals surface area contributed by atoms with Crippen molar-refractivity contribution in [3.8, 4) is 5.75 Å². The summed E-state index contributed by atoms with van der Waals surface area (Å²) in [5.41, 5.74) is 12.6. The van der Waals surface area contributed by atoms with Gasteiger partial charge in [0.2, 0.25) is 0 Å². The molecule has 0 amide bonds. The number of hydrogen-bond donors (Lipinski definition) is 3. The molecule has 11 heavy (non-hydrogen) atoms. The molecular weight excluding hydrogens is 140 g/mol. The monoisotopic (exact) mass is 152 g/mol. The van der Waals surface area contributed by atoms with Crippen LogP contribution in [0.4, 0.5) is 5.69 Å². The SMILES string of the molecule is C[C@@H](N)c1ccc(O)cc1N. The first kappa shape index (κ1) is 7.88. The largest absolute Gasteiger partial charge is 0.508 e. The van der Waals surface area contributed by atoms with Crippen molar-refractivity contribution >= 4 is 5.69 Å². The fraction of sp³-hybridized carbons (Fsp3) is 0.250. The first-order valence-electron chi connectivity index (χ1n) is 3.45.